The van der Waals surface area contributed by atoms with Crippen LogP contribution in [0.3, 0.4) is 0 Å². The largest absolute Gasteiger partial charge is 0.465 e. The summed E-state index contributed by atoms with van der Waals surface area (Å²) in [6.07, 6.45) is 2.69. The molecule has 1 atom stereocenters. The first-order valence-corrected chi connectivity index (χ1v) is 5.65. The van der Waals surface area contributed by atoms with Crippen LogP contribution in [0.25, 0.3) is 0 Å². The van der Waals surface area contributed by atoms with Gasteiger partial charge in [0.25, 0.3) is 0 Å². The Morgan fingerprint density at radius 1 is 1.56 bits per heavy atom. The van der Waals surface area contributed by atoms with Gasteiger partial charge in [-0.1, -0.05) is 6.08 Å². The third-order valence-corrected chi connectivity index (χ3v) is 2.36. The lowest BCUT2D eigenvalue weighted by Crippen LogP contribution is -2.38. The molecular formula is C12H23NO3. The van der Waals surface area contributed by atoms with Crippen LogP contribution in [0.4, 0.5) is 0 Å². The summed E-state index contributed by atoms with van der Waals surface area (Å²) in [5.74, 6) is -0.186. The number of esters is 1. The molecule has 0 amide bonds. The molecule has 0 saturated heterocycles. The van der Waals surface area contributed by atoms with Crippen molar-refractivity contribution in [2.24, 2.45) is 0 Å². The first-order valence-electron chi connectivity index (χ1n) is 5.65. The van der Waals surface area contributed by atoms with Gasteiger partial charge in [0.2, 0.25) is 0 Å². The van der Waals surface area contributed by atoms with E-state index in [1.54, 1.807) is 13.2 Å². The Labute approximate surface area is 98.2 Å². The predicted molar refractivity (Wildman–Crippen MR) is 64.4 cm³/mol. The third-order valence-electron chi connectivity index (χ3n) is 2.36. The van der Waals surface area contributed by atoms with Gasteiger partial charge < -0.3 is 9.47 Å². The highest BCUT2D eigenvalue weighted by Crippen LogP contribution is 2.04. The summed E-state index contributed by atoms with van der Waals surface area (Å²) in [6.45, 7) is 9.68. The molecule has 0 fully saturated rings. The number of methoxy groups -OCH3 is 1. The van der Waals surface area contributed by atoms with E-state index in [-0.39, 0.29) is 12.0 Å². The topological polar surface area (TPSA) is 38.8 Å². The van der Waals surface area contributed by atoms with Crippen LogP contribution in [0.5, 0.6) is 0 Å². The van der Waals surface area contributed by atoms with E-state index in [4.69, 9.17) is 9.47 Å². The molecule has 4 heteroatoms. The Bertz CT molecular complexity index is 206. The zero-order valence-electron chi connectivity index (χ0n) is 10.6. The van der Waals surface area contributed by atoms with Gasteiger partial charge >= 0.3 is 5.97 Å². The SMILES string of the molecule is C=CCN(CC(=O)OCC)C(C)CCOC. The second-order valence-electron chi connectivity index (χ2n) is 3.65. The number of nitrogens with zero attached hydrogens (tertiary/aromatic N) is 1. The van der Waals surface area contributed by atoms with Gasteiger partial charge in [-0.2, -0.15) is 0 Å². The second kappa shape index (κ2) is 9.36. The van der Waals surface area contributed by atoms with Gasteiger partial charge in [0.1, 0.15) is 0 Å². The fraction of sp³-hybridized carbons (Fsp3) is 0.750. The van der Waals surface area contributed by atoms with Crippen LogP contribution in [-0.2, 0) is 14.3 Å². The van der Waals surface area contributed by atoms with Crippen LogP contribution in [0.1, 0.15) is 20.3 Å². The van der Waals surface area contributed by atoms with Crippen molar-refractivity contribution in [1.29, 1.82) is 0 Å². The molecule has 0 aromatic heterocycles. The molecule has 0 aliphatic carbocycles. The number of rotatable bonds is 9. The Morgan fingerprint density at radius 3 is 2.75 bits per heavy atom. The molecule has 94 valence electrons. The molecule has 0 aromatic carbocycles. The predicted octanol–water partition coefficient (Wildman–Crippen LogP) is 1.46. The van der Waals surface area contributed by atoms with E-state index in [1.165, 1.54) is 0 Å². The average molecular weight is 229 g/mol. The van der Waals surface area contributed by atoms with Gasteiger partial charge in [-0.05, 0) is 20.3 Å². The van der Waals surface area contributed by atoms with Gasteiger partial charge in [0, 0.05) is 26.3 Å². The molecule has 16 heavy (non-hydrogen) atoms. The molecule has 1 unspecified atom stereocenters. The van der Waals surface area contributed by atoms with E-state index < -0.39 is 0 Å². The fourth-order valence-corrected chi connectivity index (χ4v) is 1.41. The van der Waals surface area contributed by atoms with Crippen LogP contribution in [0, 0.1) is 0 Å². The van der Waals surface area contributed by atoms with Crippen LogP contribution in [0.15, 0.2) is 12.7 Å². The molecule has 0 heterocycles. The molecule has 0 saturated carbocycles. The third kappa shape index (κ3) is 6.58. The summed E-state index contributed by atoms with van der Waals surface area (Å²) in [5, 5.41) is 0. The molecule has 0 rings (SSSR count). The van der Waals surface area contributed by atoms with Gasteiger partial charge in [0.05, 0.1) is 13.2 Å². The van der Waals surface area contributed by atoms with Gasteiger partial charge in [0.15, 0.2) is 0 Å². The molecular weight excluding hydrogens is 206 g/mol. The number of hydrogen-bond donors (Lipinski definition) is 0. The molecule has 0 spiro atoms. The summed E-state index contributed by atoms with van der Waals surface area (Å²) < 4.78 is 9.95. The maximum Gasteiger partial charge on any atom is 0.320 e. The molecule has 0 bridgehead atoms. The van der Waals surface area contributed by atoms with Crippen molar-refractivity contribution >= 4 is 5.97 Å². The van der Waals surface area contributed by atoms with E-state index in [2.05, 4.69) is 13.5 Å². The van der Waals surface area contributed by atoms with Crippen molar-refractivity contribution in [2.75, 3.05) is 33.4 Å². The maximum atomic E-state index is 11.4. The first-order chi connectivity index (χ1) is 7.65. The highest BCUT2D eigenvalue weighted by molar-refractivity contribution is 5.71. The zero-order valence-corrected chi connectivity index (χ0v) is 10.6. The van der Waals surface area contributed by atoms with Gasteiger partial charge in [-0.25, -0.2) is 0 Å². The summed E-state index contributed by atoms with van der Waals surface area (Å²) in [5.41, 5.74) is 0. The molecule has 0 aromatic rings. The fourth-order valence-electron chi connectivity index (χ4n) is 1.41. The first kappa shape index (κ1) is 15.1. The van der Waals surface area contributed by atoms with Crippen LogP contribution >= 0.6 is 0 Å². The molecule has 0 N–H and O–H groups in total. The van der Waals surface area contributed by atoms with Crippen LogP contribution in [-0.4, -0.2) is 50.3 Å². The number of carbonyl (C=O) groups is 1. The van der Waals surface area contributed by atoms with Crippen molar-refractivity contribution in [3.8, 4) is 0 Å². The monoisotopic (exact) mass is 229 g/mol. The van der Waals surface area contributed by atoms with Gasteiger partial charge in [-0.3, -0.25) is 9.69 Å². The van der Waals surface area contributed by atoms with E-state index in [0.717, 1.165) is 6.42 Å². The van der Waals surface area contributed by atoms with Crippen molar-refractivity contribution in [3.63, 3.8) is 0 Å². The summed E-state index contributed by atoms with van der Waals surface area (Å²) in [7, 11) is 1.68. The highest BCUT2D eigenvalue weighted by Gasteiger charge is 2.16. The molecule has 4 nitrogen and oxygen atoms in total. The Morgan fingerprint density at radius 2 is 2.25 bits per heavy atom. The maximum absolute atomic E-state index is 11.4. The van der Waals surface area contributed by atoms with Crippen molar-refractivity contribution < 1.29 is 14.3 Å². The number of hydrogen-bond acceptors (Lipinski definition) is 4. The van der Waals surface area contributed by atoms with Crippen molar-refractivity contribution in [2.45, 2.75) is 26.3 Å². The quantitative estimate of drug-likeness (QED) is 0.443. The Hall–Kier alpha value is -0.870. The van der Waals surface area contributed by atoms with E-state index in [9.17, 15) is 4.79 Å². The van der Waals surface area contributed by atoms with E-state index >= 15 is 0 Å². The molecule has 0 aliphatic rings. The Balaban J connectivity index is 4.12. The van der Waals surface area contributed by atoms with Crippen molar-refractivity contribution in [3.05, 3.63) is 12.7 Å². The summed E-state index contributed by atoms with van der Waals surface area (Å²) >= 11 is 0. The normalized spacial score (nSPS) is 12.5. The summed E-state index contributed by atoms with van der Waals surface area (Å²) in [4.78, 5) is 13.4. The van der Waals surface area contributed by atoms with Gasteiger partial charge in [-0.15, -0.1) is 6.58 Å². The second-order valence-corrected chi connectivity index (χ2v) is 3.65. The zero-order chi connectivity index (χ0) is 12.4. The lowest BCUT2D eigenvalue weighted by atomic mass is 10.2. The molecule has 0 aliphatic heterocycles. The highest BCUT2D eigenvalue weighted by atomic mass is 16.5. The lowest BCUT2D eigenvalue weighted by Gasteiger charge is -2.26. The standard InChI is InChI=1S/C12H23NO3/c1-5-8-13(10-12(14)16-6-2)11(3)7-9-15-4/h5,11H,1,6-10H2,2-4H3. The smallest absolute Gasteiger partial charge is 0.320 e. The number of carbonyl (C=O) groups excluding carboxylic acids is 1. The lowest BCUT2D eigenvalue weighted by molar-refractivity contribution is -0.144. The van der Waals surface area contributed by atoms with Crippen molar-refractivity contribution in [1.82, 2.24) is 4.90 Å². The minimum Gasteiger partial charge on any atom is -0.465 e. The van der Waals surface area contributed by atoms with E-state index in [0.29, 0.717) is 26.3 Å². The summed E-state index contributed by atoms with van der Waals surface area (Å²) in [6, 6.07) is 0.280. The van der Waals surface area contributed by atoms with E-state index in [1.807, 2.05) is 11.8 Å². The average Bonchev–Trinajstić information content (AvgIpc) is 2.25. The Kier molecular flexibility index (Phi) is 8.85. The van der Waals surface area contributed by atoms with Crippen LogP contribution < -0.4 is 0 Å². The number of ether oxygens (including phenoxy) is 2. The van der Waals surface area contributed by atoms with Crippen LogP contribution in [0.2, 0.25) is 0 Å². The molecule has 0 radical (unpaired) electrons. The minimum absolute atomic E-state index is 0.186. The minimum atomic E-state index is -0.186.